The minimum Gasteiger partial charge on any atom is -0.353 e. The number of nitrogens with zero attached hydrogens (tertiary/aromatic N) is 3. The molecule has 44 heavy (non-hydrogen) atoms. The molecule has 0 aliphatic carbocycles. The van der Waals surface area contributed by atoms with Crippen molar-refractivity contribution in [3.63, 3.8) is 0 Å². The highest BCUT2D eigenvalue weighted by atomic mass is 32.1. The largest absolute Gasteiger partial charge is 0.353 e. The lowest BCUT2D eigenvalue weighted by atomic mass is 9.97. The summed E-state index contributed by atoms with van der Waals surface area (Å²) in [5.41, 5.74) is 9.01. The SMILES string of the molecule is c1ccc(-c2ncnc(-c3cccc(-c4cccc(-c5ccc6c(c5)sc5c6ccc6c7ccccc7[nH]c65)c4)c3)n2)cc1. The average molecular weight is 581 g/mol. The van der Waals surface area contributed by atoms with E-state index < -0.39 is 0 Å². The van der Waals surface area contributed by atoms with E-state index in [1.807, 2.05) is 41.7 Å². The van der Waals surface area contributed by atoms with Crippen molar-refractivity contribution >= 4 is 53.3 Å². The van der Waals surface area contributed by atoms with Gasteiger partial charge in [-0.15, -0.1) is 11.3 Å². The number of H-pyrrole nitrogens is 1. The van der Waals surface area contributed by atoms with Crippen molar-refractivity contribution in [2.75, 3.05) is 0 Å². The molecule has 0 unspecified atom stereocenters. The highest BCUT2D eigenvalue weighted by molar-refractivity contribution is 7.26. The Kier molecular flexibility index (Phi) is 5.64. The molecular weight excluding hydrogens is 557 g/mol. The van der Waals surface area contributed by atoms with E-state index in [-0.39, 0.29) is 0 Å². The first-order valence-corrected chi connectivity index (χ1v) is 15.4. The Hall–Kier alpha value is -5.65. The van der Waals surface area contributed by atoms with Crippen LogP contribution in [-0.4, -0.2) is 19.9 Å². The molecule has 4 nitrogen and oxygen atoms in total. The van der Waals surface area contributed by atoms with Crippen molar-refractivity contribution in [2.45, 2.75) is 0 Å². The van der Waals surface area contributed by atoms with Crippen LogP contribution in [0.15, 0.2) is 140 Å². The number of hydrogen-bond acceptors (Lipinski definition) is 4. The van der Waals surface area contributed by atoms with Crippen LogP contribution >= 0.6 is 11.3 Å². The number of fused-ring (bicyclic) bond motifs is 7. The van der Waals surface area contributed by atoms with Gasteiger partial charge in [-0.25, -0.2) is 15.0 Å². The monoisotopic (exact) mass is 580 g/mol. The summed E-state index contributed by atoms with van der Waals surface area (Å²) >= 11 is 1.86. The minimum atomic E-state index is 0.663. The van der Waals surface area contributed by atoms with Gasteiger partial charge in [0.05, 0.1) is 10.2 Å². The number of aromatic amines is 1. The van der Waals surface area contributed by atoms with Gasteiger partial charge in [-0.2, -0.15) is 0 Å². The van der Waals surface area contributed by atoms with E-state index in [0.29, 0.717) is 11.6 Å². The lowest BCUT2D eigenvalue weighted by Crippen LogP contribution is -1.95. The van der Waals surface area contributed by atoms with E-state index in [1.165, 1.54) is 53.1 Å². The zero-order valence-corrected chi connectivity index (χ0v) is 24.3. The summed E-state index contributed by atoms with van der Waals surface area (Å²) in [6.45, 7) is 0. The van der Waals surface area contributed by atoms with Gasteiger partial charge in [0, 0.05) is 42.9 Å². The molecule has 0 spiro atoms. The second-order valence-corrected chi connectivity index (χ2v) is 12.1. The standard InChI is InChI=1S/C39H24N4S/c1-2-8-24(9-3-1)38-40-23-41-39(43-38)29-13-7-12-27(21-29)25-10-6-11-26(20-25)28-16-17-31-33-19-18-32-30-14-4-5-15-34(30)42-36(32)37(33)44-35(31)22-28/h1-23,42H. The molecule has 9 aromatic rings. The number of benzene rings is 6. The fourth-order valence-electron chi connectivity index (χ4n) is 6.21. The van der Waals surface area contributed by atoms with Gasteiger partial charge in [0.2, 0.25) is 0 Å². The number of hydrogen-bond donors (Lipinski definition) is 1. The molecule has 0 aliphatic heterocycles. The van der Waals surface area contributed by atoms with Gasteiger partial charge in [0.15, 0.2) is 11.6 Å². The van der Waals surface area contributed by atoms with Crippen LogP contribution in [-0.2, 0) is 0 Å². The summed E-state index contributed by atoms with van der Waals surface area (Å²) in [5.74, 6) is 1.33. The number of rotatable bonds is 4. The molecule has 3 aromatic heterocycles. The maximum atomic E-state index is 4.77. The van der Waals surface area contributed by atoms with E-state index in [9.17, 15) is 0 Å². The van der Waals surface area contributed by atoms with E-state index in [1.54, 1.807) is 6.33 Å². The molecule has 0 bridgehead atoms. The van der Waals surface area contributed by atoms with Crippen LogP contribution in [0.4, 0.5) is 0 Å². The predicted octanol–water partition coefficient (Wildman–Crippen LogP) is 10.5. The summed E-state index contributed by atoms with van der Waals surface area (Å²) in [7, 11) is 0. The molecule has 0 saturated carbocycles. The second-order valence-electron chi connectivity index (χ2n) is 11.0. The van der Waals surface area contributed by atoms with Crippen LogP contribution in [0.2, 0.25) is 0 Å². The van der Waals surface area contributed by atoms with Crippen LogP contribution in [0.25, 0.3) is 87.0 Å². The average Bonchev–Trinajstić information content (AvgIpc) is 3.67. The first kappa shape index (κ1) is 24.9. The molecule has 1 N–H and O–H groups in total. The maximum absolute atomic E-state index is 4.77. The van der Waals surface area contributed by atoms with Gasteiger partial charge in [-0.3, -0.25) is 0 Å². The molecule has 9 rings (SSSR count). The minimum absolute atomic E-state index is 0.663. The summed E-state index contributed by atoms with van der Waals surface area (Å²) < 4.78 is 2.60. The van der Waals surface area contributed by atoms with Crippen molar-refractivity contribution in [3.05, 3.63) is 140 Å². The second kappa shape index (κ2) is 9.97. The van der Waals surface area contributed by atoms with Crippen molar-refractivity contribution in [3.8, 4) is 45.0 Å². The molecule has 0 atom stereocenters. The fourth-order valence-corrected chi connectivity index (χ4v) is 7.45. The van der Waals surface area contributed by atoms with Gasteiger partial charge in [0.1, 0.15) is 6.33 Å². The van der Waals surface area contributed by atoms with Crippen molar-refractivity contribution in [1.29, 1.82) is 0 Å². The summed E-state index contributed by atoms with van der Waals surface area (Å²) in [6, 6.07) is 47.1. The van der Waals surface area contributed by atoms with E-state index >= 15 is 0 Å². The zero-order valence-electron chi connectivity index (χ0n) is 23.5. The molecular formula is C39H24N4S. The Morgan fingerprint density at radius 2 is 1.07 bits per heavy atom. The van der Waals surface area contributed by atoms with Crippen molar-refractivity contribution < 1.29 is 0 Å². The first-order valence-electron chi connectivity index (χ1n) is 14.6. The number of para-hydroxylation sites is 1. The van der Waals surface area contributed by atoms with Crippen LogP contribution in [0.1, 0.15) is 0 Å². The number of thiophene rings is 1. The van der Waals surface area contributed by atoms with Crippen molar-refractivity contribution in [1.82, 2.24) is 19.9 Å². The Balaban J connectivity index is 1.09. The van der Waals surface area contributed by atoms with Crippen LogP contribution < -0.4 is 0 Å². The molecule has 5 heteroatoms. The first-order chi connectivity index (χ1) is 21.8. The molecule has 0 amide bonds. The highest BCUT2D eigenvalue weighted by Crippen LogP contribution is 2.41. The number of nitrogens with one attached hydrogen (secondary N) is 1. The molecule has 0 radical (unpaired) electrons. The van der Waals surface area contributed by atoms with E-state index in [4.69, 9.17) is 4.98 Å². The lowest BCUT2D eigenvalue weighted by molar-refractivity contribution is 1.07. The Labute approximate surface area is 257 Å². The normalized spacial score (nSPS) is 11.6. The van der Waals surface area contributed by atoms with E-state index in [0.717, 1.165) is 22.3 Å². The Morgan fingerprint density at radius 1 is 0.455 bits per heavy atom. The fraction of sp³-hybridized carbons (Fsp3) is 0. The third kappa shape index (κ3) is 4.09. The summed E-state index contributed by atoms with van der Waals surface area (Å²) in [5, 5.41) is 5.15. The molecule has 0 fully saturated rings. The Morgan fingerprint density at radius 3 is 1.89 bits per heavy atom. The topological polar surface area (TPSA) is 54.5 Å². The lowest BCUT2D eigenvalue weighted by Gasteiger charge is -2.09. The zero-order chi connectivity index (χ0) is 29.0. The summed E-state index contributed by atoms with van der Waals surface area (Å²) in [4.78, 5) is 17.3. The molecule has 0 saturated heterocycles. The van der Waals surface area contributed by atoms with Crippen LogP contribution in [0.3, 0.4) is 0 Å². The molecule has 0 aliphatic rings. The number of aromatic nitrogens is 4. The van der Waals surface area contributed by atoms with Crippen molar-refractivity contribution in [2.24, 2.45) is 0 Å². The third-order valence-electron chi connectivity index (χ3n) is 8.37. The van der Waals surface area contributed by atoms with Gasteiger partial charge >= 0.3 is 0 Å². The van der Waals surface area contributed by atoms with Gasteiger partial charge in [0.25, 0.3) is 0 Å². The quantitative estimate of drug-likeness (QED) is 0.225. The van der Waals surface area contributed by atoms with Gasteiger partial charge in [-0.1, -0.05) is 109 Å². The van der Waals surface area contributed by atoms with Crippen LogP contribution in [0, 0.1) is 0 Å². The predicted molar refractivity (Wildman–Crippen MR) is 184 cm³/mol. The molecule has 206 valence electrons. The van der Waals surface area contributed by atoms with Gasteiger partial charge < -0.3 is 4.98 Å². The van der Waals surface area contributed by atoms with Crippen LogP contribution in [0.5, 0.6) is 0 Å². The van der Waals surface area contributed by atoms with E-state index in [2.05, 4.69) is 118 Å². The summed E-state index contributed by atoms with van der Waals surface area (Å²) in [6.07, 6.45) is 1.59. The highest BCUT2D eigenvalue weighted by Gasteiger charge is 2.14. The van der Waals surface area contributed by atoms with Gasteiger partial charge in [-0.05, 0) is 46.5 Å². The maximum Gasteiger partial charge on any atom is 0.163 e. The third-order valence-corrected chi connectivity index (χ3v) is 9.56. The smallest absolute Gasteiger partial charge is 0.163 e. The Bertz CT molecular complexity index is 2510. The molecule has 3 heterocycles. The molecule has 6 aromatic carbocycles.